The van der Waals surface area contributed by atoms with Gasteiger partial charge in [-0.3, -0.25) is 0 Å². The number of nitrogens with one attached hydrogen (secondary N) is 1. The number of halogens is 3. The van der Waals surface area contributed by atoms with Crippen LogP contribution in [0.1, 0.15) is 18.4 Å². The minimum Gasteiger partial charge on any atom is -0.382 e. The monoisotopic (exact) mass is 284 g/mol. The molecule has 0 saturated heterocycles. The van der Waals surface area contributed by atoms with E-state index in [0.717, 1.165) is 5.56 Å². The summed E-state index contributed by atoms with van der Waals surface area (Å²) in [6.07, 6.45) is -6.06. The van der Waals surface area contributed by atoms with Gasteiger partial charge in [0.15, 0.2) is 6.10 Å². The molecule has 0 amide bonds. The van der Waals surface area contributed by atoms with Crippen LogP contribution in [-0.2, 0) is 5.41 Å². The normalized spacial score (nSPS) is 27.4. The largest absolute Gasteiger partial charge is 0.415 e. The number of alkyl halides is 3. The van der Waals surface area contributed by atoms with E-state index in [2.05, 4.69) is 11.4 Å². The molecule has 1 aliphatic rings. The highest BCUT2D eigenvalue weighted by Gasteiger charge is 2.47. The second-order valence-corrected chi connectivity index (χ2v) is 5.13. The zero-order chi connectivity index (χ0) is 14.8. The summed E-state index contributed by atoms with van der Waals surface area (Å²) < 4.78 is 36.5. The maximum Gasteiger partial charge on any atom is 0.415 e. The van der Waals surface area contributed by atoms with Gasteiger partial charge in [0.25, 0.3) is 0 Å². The summed E-state index contributed by atoms with van der Waals surface area (Å²) in [6, 6.07) is 11.3. The van der Waals surface area contributed by atoms with Crippen LogP contribution in [0.5, 0.6) is 0 Å². The highest BCUT2D eigenvalue weighted by Crippen LogP contribution is 2.43. The van der Waals surface area contributed by atoms with E-state index in [1.807, 2.05) is 30.3 Å². The smallest absolute Gasteiger partial charge is 0.382 e. The maximum absolute atomic E-state index is 12.2. The molecular formula is C14H15F3N2O. The Kier molecular flexibility index (Phi) is 4.02. The lowest BCUT2D eigenvalue weighted by Gasteiger charge is -2.43. The first-order valence-corrected chi connectivity index (χ1v) is 6.32. The van der Waals surface area contributed by atoms with Crippen molar-refractivity contribution in [2.24, 2.45) is 0 Å². The zero-order valence-corrected chi connectivity index (χ0v) is 10.7. The van der Waals surface area contributed by atoms with Crippen LogP contribution >= 0.6 is 0 Å². The molecular weight excluding hydrogens is 269 g/mol. The fourth-order valence-corrected chi connectivity index (χ4v) is 2.47. The van der Waals surface area contributed by atoms with Crippen LogP contribution in [0.25, 0.3) is 0 Å². The molecule has 20 heavy (non-hydrogen) atoms. The van der Waals surface area contributed by atoms with Gasteiger partial charge in [0, 0.05) is 12.6 Å². The second kappa shape index (κ2) is 5.43. The molecule has 0 aliphatic heterocycles. The zero-order valence-electron chi connectivity index (χ0n) is 10.7. The summed E-state index contributed by atoms with van der Waals surface area (Å²) in [5, 5.41) is 20.9. The van der Waals surface area contributed by atoms with Crippen molar-refractivity contribution in [1.29, 1.82) is 5.26 Å². The molecule has 1 aromatic rings. The molecule has 6 heteroatoms. The van der Waals surface area contributed by atoms with Crippen molar-refractivity contribution in [3.63, 3.8) is 0 Å². The quantitative estimate of drug-likeness (QED) is 0.890. The van der Waals surface area contributed by atoms with Crippen LogP contribution in [0.15, 0.2) is 30.3 Å². The average Bonchev–Trinajstić information content (AvgIpc) is 2.37. The van der Waals surface area contributed by atoms with Crippen molar-refractivity contribution in [1.82, 2.24) is 5.32 Å². The molecule has 2 rings (SSSR count). The van der Waals surface area contributed by atoms with Gasteiger partial charge in [0.2, 0.25) is 0 Å². The lowest BCUT2D eigenvalue weighted by atomic mass is 9.62. The Labute approximate surface area is 115 Å². The summed E-state index contributed by atoms with van der Waals surface area (Å²) in [7, 11) is 0. The molecule has 1 saturated carbocycles. The van der Waals surface area contributed by atoms with E-state index in [4.69, 9.17) is 5.11 Å². The highest BCUT2D eigenvalue weighted by molar-refractivity contribution is 5.36. The van der Waals surface area contributed by atoms with Crippen LogP contribution in [0, 0.1) is 11.3 Å². The fourth-order valence-electron chi connectivity index (χ4n) is 2.47. The fraction of sp³-hybridized carbons (Fsp3) is 0.500. The van der Waals surface area contributed by atoms with E-state index >= 15 is 0 Å². The Morgan fingerprint density at radius 1 is 1.35 bits per heavy atom. The van der Waals surface area contributed by atoms with Crippen molar-refractivity contribution in [3.8, 4) is 6.07 Å². The predicted molar refractivity (Wildman–Crippen MR) is 66.8 cm³/mol. The molecule has 1 aromatic carbocycles. The SMILES string of the molecule is N#CC1(c2ccccc2)CC(NCC(O)C(F)(F)F)C1. The Hall–Kier alpha value is -1.58. The molecule has 2 N–H and O–H groups in total. The topological polar surface area (TPSA) is 56.0 Å². The molecule has 0 heterocycles. The molecule has 0 bridgehead atoms. The number of nitrogens with zero attached hydrogens (tertiary/aromatic N) is 1. The number of nitriles is 1. The summed E-state index contributed by atoms with van der Waals surface area (Å²) >= 11 is 0. The third-order valence-corrected chi connectivity index (χ3v) is 3.71. The van der Waals surface area contributed by atoms with Crippen LogP contribution < -0.4 is 5.32 Å². The van der Waals surface area contributed by atoms with Gasteiger partial charge in [-0.2, -0.15) is 18.4 Å². The Bertz CT molecular complexity index is 489. The maximum atomic E-state index is 12.2. The number of hydrogen-bond acceptors (Lipinski definition) is 3. The molecule has 0 spiro atoms. The summed E-state index contributed by atoms with van der Waals surface area (Å²) in [5.41, 5.74) is 0.263. The predicted octanol–water partition coefficient (Wildman–Crippen LogP) is 2.12. The van der Waals surface area contributed by atoms with Crippen LogP contribution in [0.4, 0.5) is 13.2 Å². The first-order valence-electron chi connectivity index (χ1n) is 6.32. The number of benzene rings is 1. The van der Waals surface area contributed by atoms with Gasteiger partial charge in [0.1, 0.15) is 0 Å². The van der Waals surface area contributed by atoms with E-state index in [1.54, 1.807) is 0 Å². The van der Waals surface area contributed by atoms with Crippen LogP contribution in [0.2, 0.25) is 0 Å². The minimum atomic E-state index is -4.61. The summed E-state index contributed by atoms with van der Waals surface area (Å²) in [5.74, 6) is 0. The van der Waals surface area contributed by atoms with Crippen LogP contribution in [0.3, 0.4) is 0 Å². The van der Waals surface area contributed by atoms with E-state index in [9.17, 15) is 18.4 Å². The standard InChI is InChI=1S/C14H15F3N2O/c15-14(16,17)12(20)8-19-11-6-13(7-11,9-18)10-4-2-1-3-5-10/h1-5,11-12,19-20H,6-8H2. The lowest BCUT2D eigenvalue weighted by molar-refractivity contribution is -0.202. The Balaban J connectivity index is 1.89. The van der Waals surface area contributed by atoms with Crippen molar-refractivity contribution in [3.05, 3.63) is 35.9 Å². The number of aliphatic hydroxyl groups is 1. The first kappa shape index (κ1) is 14.8. The summed E-state index contributed by atoms with van der Waals surface area (Å²) in [6.45, 7) is -0.537. The van der Waals surface area contributed by atoms with Gasteiger partial charge in [-0.15, -0.1) is 0 Å². The van der Waals surface area contributed by atoms with Gasteiger partial charge < -0.3 is 10.4 Å². The molecule has 108 valence electrons. The number of rotatable bonds is 4. The minimum absolute atomic E-state index is 0.174. The molecule has 3 nitrogen and oxygen atoms in total. The van der Waals surface area contributed by atoms with Crippen molar-refractivity contribution < 1.29 is 18.3 Å². The third-order valence-electron chi connectivity index (χ3n) is 3.71. The molecule has 1 atom stereocenters. The van der Waals surface area contributed by atoms with Crippen molar-refractivity contribution >= 4 is 0 Å². The van der Waals surface area contributed by atoms with E-state index in [0.29, 0.717) is 12.8 Å². The highest BCUT2D eigenvalue weighted by atomic mass is 19.4. The van der Waals surface area contributed by atoms with Gasteiger partial charge in [0.05, 0.1) is 11.5 Å². The van der Waals surface area contributed by atoms with Crippen LogP contribution in [-0.4, -0.2) is 30.0 Å². The van der Waals surface area contributed by atoms with Gasteiger partial charge in [-0.05, 0) is 18.4 Å². The van der Waals surface area contributed by atoms with Gasteiger partial charge in [-0.1, -0.05) is 30.3 Å². The van der Waals surface area contributed by atoms with E-state index < -0.39 is 24.2 Å². The van der Waals surface area contributed by atoms with Gasteiger partial charge >= 0.3 is 6.18 Å². The molecule has 1 aliphatic carbocycles. The van der Waals surface area contributed by atoms with Crippen molar-refractivity contribution in [2.75, 3.05) is 6.54 Å². The Morgan fingerprint density at radius 3 is 2.45 bits per heavy atom. The number of hydrogen-bond donors (Lipinski definition) is 2. The van der Waals surface area contributed by atoms with E-state index in [1.165, 1.54) is 0 Å². The molecule has 0 aromatic heterocycles. The molecule has 1 unspecified atom stereocenters. The second-order valence-electron chi connectivity index (χ2n) is 5.13. The molecule has 1 fully saturated rings. The summed E-state index contributed by atoms with van der Waals surface area (Å²) in [4.78, 5) is 0. The molecule has 0 radical (unpaired) electrons. The van der Waals surface area contributed by atoms with E-state index in [-0.39, 0.29) is 6.04 Å². The van der Waals surface area contributed by atoms with Crippen molar-refractivity contribution in [2.45, 2.75) is 36.6 Å². The average molecular weight is 284 g/mol. The van der Waals surface area contributed by atoms with Gasteiger partial charge in [-0.25, -0.2) is 0 Å². The third kappa shape index (κ3) is 2.94. The first-order chi connectivity index (χ1) is 9.37. The lowest BCUT2D eigenvalue weighted by Crippen LogP contribution is -2.53. The Morgan fingerprint density at radius 2 is 1.95 bits per heavy atom. The number of aliphatic hydroxyl groups excluding tert-OH is 1.